The molecule has 0 unspecified atom stereocenters. The maximum atomic E-state index is 3.69. The molecule has 5 rings (SSSR count). The summed E-state index contributed by atoms with van der Waals surface area (Å²) in [6.45, 7) is 5.06. The van der Waals surface area contributed by atoms with E-state index in [1.165, 1.54) is 44.9 Å². The zero-order chi connectivity index (χ0) is 27.6. The highest BCUT2D eigenvalue weighted by Crippen LogP contribution is 2.34. The summed E-state index contributed by atoms with van der Waals surface area (Å²) in [6.07, 6.45) is 33.8. The molecular formula is C38H40N2. The number of benzene rings is 2. The Morgan fingerprint density at radius 2 is 1.70 bits per heavy atom. The normalized spacial score (nSPS) is 19.6. The fraction of sp³-hybridized carbons (Fsp3) is 0.211. The van der Waals surface area contributed by atoms with Crippen molar-refractivity contribution in [2.45, 2.75) is 46.0 Å². The van der Waals surface area contributed by atoms with Crippen LogP contribution in [0.3, 0.4) is 0 Å². The van der Waals surface area contributed by atoms with E-state index in [9.17, 15) is 0 Å². The minimum absolute atomic E-state index is 0.892. The number of fused-ring (bicyclic) bond motifs is 1. The van der Waals surface area contributed by atoms with Gasteiger partial charge in [0, 0.05) is 29.3 Å². The van der Waals surface area contributed by atoms with Crippen LogP contribution in [0.25, 0.3) is 5.57 Å². The van der Waals surface area contributed by atoms with Crippen LogP contribution in [0.2, 0.25) is 0 Å². The molecule has 1 aliphatic heterocycles. The summed E-state index contributed by atoms with van der Waals surface area (Å²) in [5.41, 5.74) is 11.7. The van der Waals surface area contributed by atoms with Crippen LogP contribution in [-0.2, 0) is 6.42 Å². The molecule has 2 aromatic rings. The Hall–Kier alpha value is -4.30. The second kappa shape index (κ2) is 13.7. The van der Waals surface area contributed by atoms with Crippen LogP contribution in [0.5, 0.6) is 0 Å². The lowest BCUT2D eigenvalue weighted by atomic mass is 9.93. The van der Waals surface area contributed by atoms with Crippen molar-refractivity contribution in [3.8, 4) is 0 Å². The van der Waals surface area contributed by atoms with Gasteiger partial charge >= 0.3 is 0 Å². The summed E-state index contributed by atoms with van der Waals surface area (Å²) in [4.78, 5) is 2.48. The number of nitrogens with zero attached hydrogens (tertiary/aromatic N) is 1. The molecule has 3 aliphatic rings. The van der Waals surface area contributed by atoms with Crippen molar-refractivity contribution < 1.29 is 0 Å². The fourth-order valence-electron chi connectivity index (χ4n) is 5.57. The van der Waals surface area contributed by atoms with Crippen LogP contribution < -0.4 is 10.2 Å². The third kappa shape index (κ3) is 6.63. The molecule has 0 fully saturated rings. The molecule has 1 N–H and O–H groups in total. The van der Waals surface area contributed by atoms with Gasteiger partial charge in [-0.25, -0.2) is 0 Å². The van der Waals surface area contributed by atoms with Crippen LogP contribution in [0.15, 0.2) is 150 Å². The monoisotopic (exact) mass is 524 g/mol. The van der Waals surface area contributed by atoms with Gasteiger partial charge in [0.1, 0.15) is 0 Å². The van der Waals surface area contributed by atoms with Crippen molar-refractivity contribution >= 4 is 16.9 Å². The van der Waals surface area contributed by atoms with E-state index < -0.39 is 0 Å². The Balaban J connectivity index is 1.33. The van der Waals surface area contributed by atoms with E-state index in [4.69, 9.17) is 0 Å². The molecular weight excluding hydrogens is 484 g/mol. The van der Waals surface area contributed by atoms with Gasteiger partial charge in [0.25, 0.3) is 0 Å². The van der Waals surface area contributed by atoms with Gasteiger partial charge in [-0.15, -0.1) is 0 Å². The van der Waals surface area contributed by atoms with Crippen molar-refractivity contribution in [2.75, 3.05) is 16.8 Å². The van der Waals surface area contributed by atoms with Crippen LogP contribution >= 0.6 is 0 Å². The molecule has 2 heteroatoms. The van der Waals surface area contributed by atoms with Gasteiger partial charge in [0.15, 0.2) is 0 Å². The van der Waals surface area contributed by atoms with Gasteiger partial charge in [0.05, 0.1) is 0 Å². The zero-order valence-electron chi connectivity index (χ0n) is 23.8. The van der Waals surface area contributed by atoms with E-state index in [1.54, 1.807) is 0 Å². The molecule has 2 nitrogen and oxygen atoms in total. The highest BCUT2D eigenvalue weighted by atomic mass is 15.1. The molecule has 0 spiro atoms. The predicted octanol–water partition coefficient (Wildman–Crippen LogP) is 10.0. The first-order valence-corrected chi connectivity index (χ1v) is 14.6. The predicted molar refractivity (Wildman–Crippen MR) is 174 cm³/mol. The summed E-state index contributed by atoms with van der Waals surface area (Å²) >= 11 is 0. The molecule has 0 radical (unpaired) electrons. The highest BCUT2D eigenvalue weighted by molar-refractivity contribution is 5.72. The van der Waals surface area contributed by atoms with Gasteiger partial charge < -0.3 is 10.2 Å². The molecule has 1 heterocycles. The fourth-order valence-corrected chi connectivity index (χ4v) is 5.57. The average molecular weight is 525 g/mol. The van der Waals surface area contributed by atoms with Crippen molar-refractivity contribution in [3.05, 3.63) is 161 Å². The zero-order valence-corrected chi connectivity index (χ0v) is 23.8. The number of nitrogens with one attached hydrogen (secondary N) is 1. The van der Waals surface area contributed by atoms with E-state index >= 15 is 0 Å². The number of hydrogen-bond acceptors (Lipinski definition) is 2. The number of rotatable bonds is 7. The minimum atomic E-state index is 0.892. The van der Waals surface area contributed by atoms with Crippen LogP contribution in [0.1, 0.15) is 50.7 Å². The number of para-hydroxylation sites is 1. The van der Waals surface area contributed by atoms with Gasteiger partial charge in [-0.3, -0.25) is 0 Å². The number of anilines is 2. The molecule has 2 aromatic carbocycles. The van der Waals surface area contributed by atoms with E-state index in [2.05, 4.69) is 145 Å². The van der Waals surface area contributed by atoms with Crippen molar-refractivity contribution in [1.29, 1.82) is 0 Å². The number of allylic oxidation sites excluding steroid dienone is 16. The van der Waals surface area contributed by atoms with Crippen molar-refractivity contribution in [2.24, 2.45) is 0 Å². The first kappa shape index (κ1) is 27.3. The first-order chi connectivity index (χ1) is 19.8. The summed E-state index contributed by atoms with van der Waals surface area (Å²) in [5, 5.41) is 3.69. The van der Waals surface area contributed by atoms with Gasteiger partial charge in [-0.2, -0.15) is 0 Å². The summed E-state index contributed by atoms with van der Waals surface area (Å²) in [6, 6.07) is 17.7. The molecule has 0 saturated heterocycles. The Morgan fingerprint density at radius 3 is 2.50 bits per heavy atom. The molecule has 202 valence electrons. The van der Waals surface area contributed by atoms with E-state index in [0.717, 1.165) is 44.3 Å². The summed E-state index contributed by atoms with van der Waals surface area (Å²) in [5.74, 6) is 0. The van der Waals surface area contributed by atoms with Crippen LogP contribution in [-0.4, -0.2) is 6.54 Å². The van der Waals surface area contributed by atoms with E-state index in [-0.39, 0.29) is 0 Å². The SMILES string of the molecule is C\C=C/C=C\C(=C\C)C1=C(Nc2ccc(C3=CC=C(N4C/C=C\C=C/Cc5ccccc54)CC3)cc2)C=CCC1. The van der Waals surface area contributed by atoms with Crippen molar-refractivity contribution in [1.82, 2.24) is 0 Å². The van der Waals surface area contributed by atoms with E-state index in [1.807, 2.05) is 6.92 Å². The summed E-state index contributed by atoms with van der Waals surface area (Å²) < 4.78 is 0. The molecule has 0 saturated carbocycles. The standard InChI is InChI=1S/C38H40N2/c1-3-5-8-15-30(4-2)36-18-11-12-19-37(36)39-34-25-21-31(22-26-34)32-23-27-35(28-24-32)40-29-14-7-6-9-16-33-17-10-13-20-38(33)40/h3-10,12-15,17,19-23,25-27,39H,11,16,18,24,28-29H2,1-2H3/b5-3-,9-6-,14-7-,15-8-,30-4-. The molecule has 0 atom stereocenters. The van der Waals surface area contributed by atoms with Crippen molar-refractivity contribution in [3.63, 3.8) is 0 Å². The second-order valence-corrected chi connectivity index (χ2v) is 10.3. The minimum Gasteiger partial charge on any atom is -0.355 e. The summed E-state index contributed by atoms with van der Waals surface area (Å²) in [7, 11) is 0. The third-order valence-electron chi connectivity index (χ3n) is 7.71. The Morgan fingerprint density at radius 1 is 0.850 bits per heavy atom. The molecule has 2 aliphatic carbocycles. The Kier molecular flexibility index (Phi) is 9.32. The smallest absolute Gasteiger partial charge is 0.0446 e. The Bertz CT molecular complexity index is 1470. The molecule has 40 heavy (non-hydrogen) atoms. The maximum absolute atomic E-state index is 3.69. The Labute approximate surface area is 240 Å². The lowest BCUT2D eigenvalue weighted by Crippen LogP contribution is -2.24. The largest absolute Gasteiger partial charge is 0.355 e. The second-order valence-electron chi connectivity index (χ2n) is 10.3. The van der Waals surface area contributed by atoms with Gasteiger partial charge in [0.2, 0.25) is 0 Å². The molecule has 0 bridgehead atoms. The van der Waals surface area contributed by atoms with Gasteiger partial charge in [-0.1, -0.05) is 97.2 Å². The lowest BCUT2D eigenvalue weighted by Gasteiger charge is -2.30. The van der Waals surface area contributed by atoms with Crippen LogP contribution in [0.4, 0.5) is 11.4 Å². The first-order valence-electron chi connectivity index (χ1n) is 14.6. The maximum Gasteiger partial charge on any atom is 0.0446 e. The molecule has 0 aromatic heterocycles. The topological polar surface area (TPSA) is 15.3 Å². The quantitative estimate of drug-likeness (QED) is 0.363. The van der Waals surface area contributed by atoms with Crippen LogP contribution in [0, 0.1) is 0 Å². The third-order valence-corrected chi connectivity index (χ3v) is 7.71. The lowest BCUT2D eigenvalue weighted by molar-refractivity contribution is 0.873. The highest BCUT2D eigenvalue weighted by Gasteiger charge is 2.18. The molecule has 0 amide bonds. The van der Waals surface area contributed by atoms with E-state index in [0.29, 0.717) is 0 Å². The van der Waals surface area contributed by atoms with Gasteiger partial charge in [-0.05, 0) is 104 Å². The number of hydrogen-bond donors (Lipinski definition) is 1. The average Bonchev–Trinajstić information content (AvgIpc) is 3.11.